The third kappa shape index (κ3) is 12.7. The summed E-state index contributed by atoms with van der Waals surface area (Å²) in [4.78, 5) is 23.7. The molecule has 0 aliphatic rings. The van der Waals surface area contributed by atoms with E-state index in [-0.39, 0.29) is 6.54 Å². The van der Waals surface area contributed by atoms with Crippen molar-refractivity contribution in [2.45, 2.75) is 31.3 Å². The molecule has 0 saturated carbocycles. The van der Waals surface area contributed by atoms with Crippen molar-refractivity contribution in [1.29, 1.82) is 0 Å². The molecule has 25 heavy (non-hydrogen) atoms. The molecule has 0 aromatic heterocycles. The van der Waals surface area contributed by atoms with Crippen molar-refractivity contribution in [3.63, 3.8) is 0 Å². The number of carbonyl (C=O) groups excluding carboxylic acids is 2. The highest BCUT2D eigenvalue weighted by atomic mass is 32.2. The summed E-state index contributed by atoms with van der Waals surface area (Å²) in [5, 5.41) is 4.32. The second-order valence-electron chi connectivity index (χ2n) is 5.31. The van der Waals surface area contributed by atoms with Crippen LogP contribution in [0.2, 0.25) is 0 Å². The first-order valence-electron chi connectivity index (χ1n) is 7.30. The van der Waals surface area contributed by atoms with Gasteiger partial charge in [-0.3, -0.25) is 18.7 Å². The lowest BCUT2D eigenvalue weighted by atomic mass is 10.2. The Labute approximate surface area is 146 Å². The molecular weight excluding hydrogens is 380 g/mol. The highest BCUT2D eigenvalue weighted by molar-refractivity contribution is 7.86. The van der Waals surface area contributed by atoms with Gasteiger partial charge < -0.3 is 22.1 Å². The normalized spacial score (nSPS) is 14.6. The van der Waals surface area contributed by atoms with Crippen LogP contribution in [-0.4, -0.2) is 74.4 Å². The Bertz CT molecular complexity index is 649. The molecule has 2 unspecified atom stereocenters. The maximum atomic E-state index is 12.0. The molecule has 0 aromatic rings. The van der Waals surface area contributed by atoms with Gasteiger partial charge in [-0.25, -0.2) is 0 Å². The lowest BCUT2D eigenvalue weighted by molar-refractivity contribution is -0.128. The topological polar surface area (TPSA) is 219 Å². The zero-order valence-corrected chi connectivity index (χ0v) is 15.1. The van der Waals surface area contributed by atoms with E-state index in [2.05, 4.69) is 5.32 Å². The Morgan fingerprint density at radius 3 is 1.96 bits per heavy atom. The van der Waals surface area contributed by atoms with Crippen LogP contribution in [-0.2, 0) is 29.8 Å². The van der Waals surface area contributed by atoms with Crippen LogP contribution in [0, 0.1) is 0 Å². The first kappa shape index (κ1) is 23.7. The molecule has 0 saturated heterocycles. The van der Waals surface area contributed by atoms with Crippen LogP contribution in [0.3, 0.4) is 0 Å². The molecule has 0 aliphatic carbocycles. The molecule has 148 valence electrons. The largest absolute Gasteiger partial charge is 0.354 e. The zero-order chi connectivity index (χ0) is 19.7. The molecule has 8 N–H and O–H groups in total. The van der Waals surface area contributed by atoms with Crippen LogP contribution < -0.4 is 22.1 Å². The summed E-state index contributed by atoms with van der Waals surface area (Å²) >= 11 is 0. The van der Waals surface area contributed by atoms with Gasteiger partial charge in [0.25, 0.3) is 20.2 Å². The van der Waals surface area contributed by atoms with Crippen molar-refractivity contribution < 1.29 is 35.5 Å². The van der Waals surface area contributed by atoms with Crippen molar-refractivity contribution in [1.82, 2.24) is 10.6 Å². The number of unbranched alkanes of at least 4 members (excludes halogenated alkanes) is 2. The van der Waals surface area contributed by atoms with E-state index in [9.17, 15) is 26.4 Å². The number of amides is 2. The average Bonchev–Trinajstić information content (AvgIpc) is 2.42. The number of hydrogen-bond acceptors (Lipinski definition) is 8. The third-order valence-corrected chi connectivity index (χ3v) is 4.45. The number of nitrogens with one attached hydrogen (secondary N) is 2. The SMILES string of the molecule is NCCCCCNC(=O)C(CS(=O)(=O)O)NC(=O)C(N)CS(=O)(=O)O. The molecule has 0 spiro atoms. The van der Waals surface area contributed by atoms with E-state index >= 15 is 0 Å². The molecule has 14 heteroatoms. The quantitative estimate of drug-likeness (QED) is 0.141. The number of nitrogens with two attached hydrogens (primary N) is 2. The van der Waals surface area contributed by atoms with Crippen LogP contribution in [0.4, 0.5) is 0 Å². The van der Waals surface area contributed by atoms with E-state index in [0.29, 0.717) is 13.0 Å². The van der Waals surface area contributed by atoms with Gasteiger partial charge in [-0.2, -0.15) is 16.8 Å². The van der Waals surface area contributed by atoms with Crippen LogP contribution in [0.5, 0.6) is 0 Å². The van der Waals surface area contributed by atoms with Gasteiger partial charge in [0.1, 0.15) is 17.8 Å². The fourth-order valence-corrected chi connectivity index (χ4v) is 3.02. The predicted molar refractivity (Wildman–Crippen MR) is 88.7 cm³/mol. The molecule has 2 atom stereocenters. The highest BCUT2D eigenvalue weighted by Gasteiger charge is 2.29. The van der Waals surface area contributed by atoms with Gasteiger partial charge in [0, 0.05) is 6.54 Å². The summed E-state index contributed by atoms with van der Waals surface area (Å²) in [5.74, 6) is -4.30. The van der Waals surface area contributed by atoms with Crippen molar-refractivity contribution in [3.05, 3.63) is 0 Å². The molecule has 2 amide bonds. The lowest BCUT2D eigenvalue weighted by Gasteiger charge is -2.19. The average molecular weight is 404 g/mol. The number of hydrogen-bond donors (Lipinski definition) is 6. The number of rotatable bonds is 12. The van der Waals surface area contributed by atoms with E-state index in [0.717, 1.165) is 12.8 Å². The van der Waals surface area contributed by atoms with Gasteiger partial charge in [0.05, 0.1) is 5.75 Å². The fraction of sp³-hybridized carbons (Fsp3) is 0.818. The van der Waals surface area contributed by atoms with E-state index in [1.165, 1.54) is 0 Å². The molecule has 0 heterocycles. The molecule has 0 fully saturated rings. The lowest BCUT2D eigenvalue weighted by Crippen LogP contribution is -2.55. The second kappa shape index (κ2) is 10.6. The Morgan fingerprint density at radius 2 is 1.48 bits per heavy atom. The minimum Gasteiger partial charge on any atom is -0.354 e. The molecular formula is C11H24N4O8S2. The van der Waals surface area contributed by atoms with Crippen LogP contribution in [0.1, 0.15) is 19.3 Å². The van der Waals surface area contributed by atoms with Crippen molar-refractivity contribution in [3.8, 4) is 0 Å². The third-order valence-electron chi connectivity index (χ3n) is 2.92. The Morgan fingerprint density at radius 1 is 0.920 bits per heavy atom. The molecule has 0 aromatic carbocycles. The standard InChI is InChI=1S/C11H24N4O8S2/c12-4-2-1-3-5-14-11(17)9(7-25(21,22)23)15-10(16)8(13)6-24(18,19)20/h8-9H,1-7,12-13H2,(H,14,17)(H,15,16)(H,18,19,20)(H,21,22,23). The Balaban J connectivity index is 4.82. The van der Waals surface area contributed by atoms with E-state index in [4.69, 9.17) is 20.6 Å². The van der Waals surface area contributed by atoms with Crippen molar-refractivity contribution >= 4 is 32.1 Å². The summed E-state index contributed by atoms with van der Waals surface area (Å²) in [5.41, 5.74) is 10.6. The van der Waals surface area contributed by atoms with Gasteiger partial charge in [-0.05, 0) is 19.4 Å². The van der Waals surface area contributed by atoms with Crippen LogP contribution in [0.15, 0.2) is 0 Å². The van der Waals surface area contributed by atoms with Gasteiger partial charge in [-0.15, -0.1) is 0 Å². The maximum Gasteiger partial charge on any atom is 0.267 e. The van der Waals surface area contributed by atoms with E-state index in [1.807, 2.05) is 5.32 Å². The molecule has 0 aliphatic heterocycles. The minimum absolute atomic E-state index is 0.188. The van der Waals surface area contributed by atoms with Crippen LogP contribution >= 0.6 is 0 Å². The Hall–Kier alpha value is -1.32. The van der Waals surface area contributed by atoms with Gasteiger partial charge in [0.15, 0.2) is 0 Å². The van der Waals surface area contributed by atoms with Gasteiger partial charge in [-0.1, -0.05) is 6.42 Å². The monoisotopic (exact) mass is 404 g/mol. The molecule has 12 nitrogen and oxygen atoms in total. The molecule has 0 rings (SSSR count). The summed E-state index contributed by atoms with van der Waals surface area (Å²) in [7, 11) is -9.16. The first-order valence-corrected chi connectivity index (χ1v) is 10.5. The fourth-order valence-electron chi connectivity index (χ4n) is 1.76. The van der Waals surface area contributed by atoms with E-state index in [1.54, 1.807) is 0 Å². The highest BCUT2D eigenvalue weighted by Crippen LogP contribution is 1.97. The smallest absolute Gasteiger partial charge is 0.267 e. The van der Waals surface area contributed by atoms with Crippen molar-refractivity contribution in [2.75, 3.05) is 24.6 Å². The summed E-state index contributed by atoms with van der Waals surface area (Å²) in [6.07, 6.45) is 2.04. The maximum absolute atomic E-state index is 12.0. The van der Waals surface area contributed by atoms with Crippen LogP contribution in [0.25, 0.3) is 0 Å². The van der Waals surface area contributed by atoms with Gasteiger partial charge >= 0.3 is 0 Å². The zero-order valence-electron chi connectivity index (χ0n) is 13.4. The molecule has 0 bridgehead atoms. The minimum atomic E-state index is -4.61. The summed E-state index contributed by atoms with van der Waals surface area (Å²) < 4.78 is 60.9. The van der Waals surface area contributed by atoms with E-state index < -0.39 is 55.6 Å². The van der Waals surface area contributed by atoms with Crippen molar-refractivity contribution in [2.24, 2.45) is 11.5 Å². The Kier molecular flexibility index (Phi) is 10.1. The summed E-state index contributed by atoms with van der Waals surface area (Å²) in [6.45, 7) is 0.675. The number of carbonyl (C=O) groups is 2. The van der Waals surface area contributed by atoms with Gasteiger partial charge in [0.2, 0.25) is 11.8 Å². The second-order valence-corrected chi connectivity index (χ2v) is 8.30. The summed E-state index contributed by atoms with van der Waals surface area (Å²) in [6, 6.07) is -3.40. The first-order chi connectivity index (χ1) is 11.4. The molecule has 0 radical (unpaired) electrons. The predicted octanol–water partition coefficient (Wildman–Crippen LogP) is -3.18.